The number of hydrogen-bond acceptors (Lipinski definition) is 5. The van der Waals surface area contributed by atoms with Crippen molar-refractivity contribution < 1.29 is 23.9 Å². The normalized spacial score (nSPS) is 13.8. The molecule has 3 amide bonds. The molecular formula is C23H24N2O5. The Morgan fingerprint density at radius 3 is 2.30 bits per heavy atom. The van der Waals surface area contributed by atoms with Gasteiger partial charge in [0, 0.05) is 11.7 Å². The highest BCUT2D eigenvalue weighted by atomic mass is 16.5. The van der Waals surface area contributed by atoms with E-state index in [9.17, 15) is 19.2 Å². The molecule has 0 saturated heterocycles. The number of carbonyl (C=O) groups excluding carboxylic acids is 4. The third kappa shape index (κ3) is 4.25. The van der Waals surface area contributed by atoms with Crippen molar-refractivity contribution in [3.63, 3.8) is 0 Å². The predicted molar refractivity (Wildman–Crippen MR) is 111 cm³/mol. The van der Waals surface area contributed by atoms with Crippen molar-refractivity contribution in [1.82, 2.24) is 4.90 Å². The van der Waals surface area contributed by atoms with E-state index in [-0.39, 0.29) is 28.6 Å². The molecule has 0 aliphatic carbocycles. The zero-order valence-corrected chi connectivity index (χ0v) is 17.2. The molecule has 3 rings (SSSR count). The smallest absolute Gasteiger partial charge is 0.338 e. The number of imide groups is 1. The minimum atomic E-state index is -0.739. The van der Waals surface area contributed by atoms with Gasteiger partial charge in [-0.25, -0.2) is 4.79 Å². The van der Waals surface area contributed by atoms with Crippen LogP contribution in [0.2, 0.25) is 0 Å². The maximum absolute atomic E-state index is 12.6. The average Bonchev–Trinajstić information content (AvgIpc) is 3.01. The fraction of sp³-hybridized carbons (Fsp3) is 0.304. The van der Waals surface area contributed by atoms with E-state index in [2.05, 4.69) is 5.32 Å². The monoisotopic (exact) mass is 408 g/mol. The number of rotatable bonds is 7. The van der Waals surface area contributed by atoms with Crippen LogP contribution in [0.15, 0.2) is 42.5 Å². The maximum Gasteiger partial charge on any atom is 0.338 e. The third-order valence-corrected chi connectivity index (χ3v) is 5.17. The molecule has 0 bridgehead atoms. The van der Waals surface area contributed by atoms with E-state index in [0.717, 1.165) is 12.0 Å². The number of esters is 1. The van der Waals surface area contributed by atoms with E-state index in [4.69, 9.17) is 4.74 Å². The van der Waals surface area contributed by atoms with Crippen LogP contribution in [0.1, 0.15) is 63.8 Å². The van der Waals surface area contributed by atoms with Gasteiger partial charge in [-0.15, -0.1) is 0 Å². The van der Waals surface area contributed by atoms with E-state index in [0.29, 0.717) is 12.1 Å². The molecule has 0 fully saturated rings. The molecule has 2 aromatic rings. The summed E-state index contributed by atoms with van der Waals surface area (Å²) in [5.74, 6) is -2.00. The lowest BCUT2D eigenvalue weighted by Gasteiger charge is -2.20. The van der Waals surface area contributed by atoms with Gasteiger partial charge >= 0.3 is 5.97 Å². The Balaban J connectivity index is 1.63. The van der Waals surface area contributed by atoms with Crippen LogP contribution in [0, 0.1) is 0 Å². The molecule has 1 aliphatic rings. The molecule has 1 heterocycles. The lowest BCUT2D eigenvalue weighted by molar-refractivity contribution is -0.119. The average molecular weight is 408 g/mol. The number of fused-ring (bicyclic) bond motifs is 1. The Morgan fingerprint density at radius 1 is 1.00 bits per heavy atom. The van der Waals surface area contributed by atoms with Gasteiger partial charge in [-0.1, -0.05) is 26.0 Å². The summed E-state index contributed by atoms with van der Waals surface area (Å²) in [6.07, 6.45) is 1.53. The first kappa shape index (κ1) is 21.2. The zero-order valence-electron chi connectivity index (χ0n) is 17.2. The van der Waals surface area contributed by atoms with E-state index >= 15 is 0 Å². The second kappa shape index (κ2) is 8.90. The molecule has 1 atom stereocenters. The highest BCUT2D eigenvalue weighted by Gasteiger charge is 2.38. The van der Waals surface area contributed by atoms with E-state index < -0.39 is 24.4 Å². The number of carbonyl (C=O) groups is 4. The predicted octanol–water partition coefficient (Wildman–Crippen LogP) is 3.44. The van der Waals surface area contributed by atoms with Crippen molar-refractivity contribution >= 4 is 29.4 Å². The number of benzene rings is 2. The fourth-order valence-electron chi connectivity index (χ4n) is 3.20. The van der Waals surface area contributed by atoms with Crippen molar-refractivity contribution in [3.8, 4) is 0 Å². The van der Waals surface area contributed by atoms with Crippen LogP contribution in [0.25, 0.3) is 0 Å². The molecule has 1 N–H and O–H groups in total. The molecule has 0 unspecified atom stereocenters. The summed E-state index contributed by atoms with van der Waals surface area (Å²) in [6, 6.07) is 11.4. The summed E-state index contributed by atoms with van der Waals surface area (Å²) in [5, 5.41) is 2.66. The summed E-state index contributed by atoms with van der Waals surface area (Å²) in [5.41, 5.74) is 2.32. The van der Waals surface area contributed by atoms with Crippen molar-refractivity contribution in [2.45, 2.75) is 39.7 Å². The SMILES string of the molecule is CCc1ccc(NC(=O)COC(=O)c2ccc3c(c2)C(=O)N([C@H](C)CC)C3=O)cc1. The van der Waals surface area contributed by atoms with Crippen LogP contribution >= 0.6 is 0 Å². The van der Waals surface area contributed by atoms with Gasteiger partial charge < -0.3 is 10.1 Å². The summed E-state index contributed by atoms with van der Waals surface area (Å²) in [4.78, 5) is 50.6. The minimum Gasteiger partial charge on any atom is -0.452 e. The van der Waals surface area contributed by atoms with Crippen molar-refractivity contribution in [2.24, 2.45) is 0 Å². The fourth-order valence-corrected chi connectivity index (χ4v) is 3.20. The number of hydrogen-bond donors (Lipinski definition) is 1. The summed E-state index contributed by atoms with van der Waals surface area (Å²) < 4.78 is 5.06. The second-order valence-corrected chi connectivity index (χ2v) is 7.17. The number of nitrogens with one attached hydrogen (secondary N) is 1. The van der Waals surface area contributed by atoms with Crippen LogP contribution < -0.4 is 5.32 Å². The highest BCUT2D eigenvalue weighted by Crippen LogP contribution is 2.26. The summed E-state index contributed by atoms with van der Waals surface area (Å²) in [7, 11) is 0. The largest absolute Gasteiger partial charge is 0.452 e. The van der Waals surface area contributed by atoms with Crippen LogP contribution in [0.4, 0.5) is 5.69 Å². The van der Waals surface area contributed by atoms with Crippen LogP contribution in [0.5, 0.6) is 0 Å². The van der Waals surface area contributed by atoms with Crippen molar-refractivity contribution in [2.75, 3.05) is 11.9 Å². The number of ether oxygens (including phenoxy) is 1. The quantitative estimate of drug-likeness (QED) is 0.560. The minimum absolute atomic E-state index is 0.112. The lowest BCUT2D eigenvalue weighted by atomic mass is 10.1. The first-order valence-corrected chi connectivity index (χ1v) is 9.93. The van der Waals surface area contributed by atoms with Gasteiger partial charge in [0.25, 0.3) is 17.7 Å². The van der Waals surface area contributed by atoms with Gasteiger partial charge in [-0.3, -0.25) is 19.3 Å². The number of nitrogens with zero attached hydrogens (tertiary/aromatic N) is 1. The molecule has 2 aromatic carbocycles. The molecule has 7 heteroatoms. The Kier molecular flexibility index (Phi) is 6.30. The zero-order chi connectivity index (χ0) is 21.8. The number of amides is 3. The Labute approximate surface area is 175 Å². The molecular weight excluding hydrogens is 384 g/mol. The Hall–Kier alpha value is -3.48. The highest BCUT2D eigenvalue weighted by molar-refractivity contribution is 6.22. The standard InChI is InChI=1S/C23H24N2O5/c1-4-14(3)25-21(27)18-11-8-16(12-19(18)22(25)28)23(29)30-13-20(26)24-17-9-6-15(5-2)7-10-17/h6-12,14H,4-5,13H2,1-3H3,(H,24,26)/t14-/m1/s1. The summed E-state index contributed by atoms with van der Waals surface area (Å²) >= 11 is 0. The molecule has 30 heavy (non-hydrogen) atoms. The molecule has 1 aliphatic heterocycles. The maximum atomic E-state index is 12.6. The Bertz CT molecular complexity index is 997. The number of aryl methyl sites for hydroxylation is 1. The van der Waals surface area contributed by atoms with E-state index in [1.807, 2.05) is 26.0 Å². The third-order valence-electron chi connectivity index (χ3n) is 5.17. The molecule has 0 aromatic heterocycles. The van der Waals surface area contributed by atoms with Crippen LogP contribution in [-0.4, -0.2) is 41.2 Å². The van der Waals surface area contributed by atoms with Crippen LogP contribution in [0.3, 0.4) is 0 Å². The molecule has 0 spiro atoms. The van der Waals surface area contributed by atoms with Gasteiger partial charge in [0.1, 0.15) is 0 Å². The Morgan fingerprint density at radius 2 is 1.67 bits per heavy atom. The summed E-state index contributed by atoms with van der Waals surface area (Å²) in [6.45, 7) is 5.26. The van der Waals surface area contributed by atoms with Crippen LogP contribution in [-0.2, 0) is 16.0 Å². The first-order valence-electron chi connectivity index (χ1n) is 9.93. The molecule has 156 valence electrons. The van der Waals surface area contributed by atoms with Crippen molar-refractivity contribution in [1.29, 1.82) is 0 Å². The lowest BCUT2D eigenvalue weighted by Crippen LogP contribution is -2.37. The second-order valence-electron chi connectivity index (χ2n) is 7.17. The van der Waals surface area contributed by atoms with Gasteiger partial charge in [0.2, 0.25) is 0 Å². The topological polar surface area (TPSA) is 92.8 Å². The van der Waals surface area contributed by atoms with E-state index in [1.54, 1.807) is 19.1 Å². The van der Waals surface area contributed by atoms with Gasteiger partial charge in [-0.2, -0.15) is 0 Å². The van der Waals surface area contributed by atoms with Gasteiger partial charge in [0.05, 0.1) is 16.7 Å². The van der Waals surface area contributed by atoms with Gasteiger partial charge in [-0.05, 0) is 55.7 Å². The van der Waals surface area contributed by atoms with E-state index in [1.165, 1.54) is 23.1 Å². The van der Waals surface area contributed by atoms with Gasteiger partial charge in [0.15, 0.2) is 6.61 Å². The van der Waals surface area contributed by atoms with Crippen molar-refractivity contribution in [3.05, 3.63) is 64.7 Å². The first-order chi connectivity index (χ1) is 14.3. The molecule has 7 nitrogen and oxygen atoms in total. The molecule has 0 radical (unpaired) electrons. The number of anilines is 1. The molecule has 0 saturated carbocycles.